The van der Waals surface area contributed by atoms with Gasteiger partial charge in [0, 0.05) is 12.1 Å². The maximum Gasteiger partial charge on any atom is 0.244 e. The van der Waals surface area contributed by atoms with E-state index in [4.69, 9.17) is 0 Å². The van der Waals surface area contributed by atoms with Crippen molar-refractivity contribution in [3.8, 4) is 0 Å². The number of nitrogens with zero attached hydrogens (tertiary/aromatic N) is 1. The molecule has 2 saturated carbocycles. The van der Waals surface area contributed by atoms with Gasteiger partial charge in [0.1, 0.15) is 17.5 Å². The minimum absolute atomic E-state index is 0.176. The quantitative estimate of drug-likeness (QED) is 0.924. The third-order valence-corrected chi connectivity index (χ3v) is 5.35. The number of carbonyl (C=O) groups excluding carboxylic acids is 1. The predicted molar refractivity (Wildman–Crippen MR) is 77.9 cm³/mol. The summed E-state index contributed by atoms with van der Waals surface area (Å²) in [6.07, 6.45) is 6.41. The summed E-state index contributed by atoms with van der Waals surface area (Å²) in [5.41, 5.74) is 0.218. The summed E-state index contributed by atoms with van der Waals surface area (Å²) >= 11 is 0. The number of hydrogen-bond acceptors (Lipinski definition) is 2. The van der Waals surface area contributed by atoms with E-state index in [9.17, 15) is 9.18 Å². The Balaban J connectivity index is 1.57. The Morgan fingerprint density at radius 2 is 2.05 bits per heavy atom. The molecule has 1 spiro atoms. The van der Waals surface area contributed by atoms with Crippen LogP contribution in [0.25, 0.3) is 0 Å². The van der Waals surface area contributed by atoms with Crippen molar-refractivity contribution in [1.82, 2.24) is 10.2 Å². The van der Waals surface area contributed by atoms with Gasteiger partial charge in [-0.2, -0.15) is 0 Å². The van der Waals surface area contributed by atoms with E-state index in [1.54, 1.807) is 12.1 Å². The molecule has 1 aliphatic heterocycles. The van der Waals surface area contributed by atoms with Gasteiger partial charge in [0.05, 0.1) is 0 Å². The lowest BCUT2D eigenvalue weighted by atomic mass is 9.83. The fourth-order valence-electron chi connectivity index (χ4n) is 3.55. The number of halogens is 1. The van der Waals surface area contributed by atoms with E-state index in [-0.39, 0.29) is 23.4 Å². The van der Waals surface area contributed by atoms with Gasteiger partial charge in [0.2, 0.25) is 5.91 Å². The highest BCUT2D eigenvalue weighted by atomic mass is 19.1. The molecule has 1 saturated heterocycles. The average Bonchev–Trinajstić information content (AvgIpc) is 3.15. The molecule has 1 amide bonds. The van der Waals surface area contributed by atoms with Crippen LogP contribution in [0.5, 0.6) is 0 Å². The lowest BCUT2D eigenvalue weighted by Crippen LogP contribution is -2.34. The molecule has 3 fully saturated rings. The molecule has 21 heavy (non-hydrogen) atoms. The van der Waals surface area contributed by atoms with Gasteiger partial charge >= 0.3 is 0 Å². The molecule has 4 heteroatoms. The van der Waals surface area contributed by atoms with Gasteiger partial charge in [-0.05, 0) is 31.2 Å². The predicted octanol–water partition coefficient (Wildman–Crippen LogP) is 2.98. The van der Waals surface area contributed by atoms with Crippen molar-refractivity contribution >= 4 is 5.91 Å². The Morgan fingerprint density at radius 3 is 2.67 bits per heavy atom. The van der Waals surface area contributed by atoms with Crippen LogP contribution in [-0.2, 0) is 4.79 Å². The van der Waals surface area contributed by atoms with Crippen LogP contribution in [0.3, 0.4) is 0 Å². The van der Waals surface area contributed by atoms with Crippen LogP contribution in [-0.4, -0.2) is 22.9 Å². The molecule has 0 bridgehead atoms. The van der Waals surface area contributed by atoms with Gasteiger partial charge < -0.3 is 4.90 Å². The third-order valence-electron chi connectivity index (χ3n) is 5.35. The molecule has 1 heterocycles. The summed E-state index contributed by atoms with van der Waals surface area (Å²) in [6, 6.07) is 6.80. The summed E-state index contributed by atoms with van der Waals surface area (Å²) in [6.45, 7) is 0.747. The van der Waals surface area contributed by atoms with Crippen molar-refractivity contribution in [1.29, 1.82) is 0 Å². The Bertz CT molecular complexity index is 566. The van der Waals surface area contributed by atoms with Crippen molar-refractivity contribution in [2.24, 2.45) is 5.92 Å². The van der Waals surface area contributed by atoms with Crippen molar-refractivity contribution in [2.45, 2.75) is 50.2 Å². The Hall–Kier alpha value is -1.42. The van der Waals surface area contributed by atoms with Crippen LogP contribution in [0.4, 0.5) is 4.39 Å². The van der Waals surface area contributed by atoms with Crippen LogP contribution < -0.4 is 5.32 Å². The van der Waals surface area contributed by atoms with E-state index in [0.29, 0.717) is 5.56 Å². The highest BCUT2D eigenvalue weighted by Gasteiger charge is 2.59. The molecule has 112 valence electrons. The molecule has 1 aromatic carbocycles. The molecule has 3 aliphatic rings. The van der Waals surface area contributed by atoms with Gasteiger partial charge in [0.25, 0.3) is 0 Å². The van der Waals surface area contributed by atoms with Crippen LogP contribution >= 0.6 is 0 Å². The van der Waals surface area contributed by atoms with Gasteiger partial charge in [0.15, 0.2) is 0 Å². The second kappa shape index (κ2) is 4.80. The first-order valence-electron chi connectivity index (χ1n) is 8.03. The molecule has 1 N–H and O–H groups in total. The molecule has 4 rings (SSSR count). The Kier molecular flexibility index (Phi) is 3.03. The topological polar surface area (TPSA) is 32.3 Å². The van der Waals surface area contributed by atoms with Crippen molar-refractivity contribution in [3.63, 3.8) is 0 Å². The van der Waals surface area contributed by atoms with Crippen LogP contribution in [0.1, 0.15) is 50.3 Å². The van der Waals surface area contributed by atoms with Crippen LogP contribution in [0.2, 0.25) is 0 Å². The van der Waals surface area contributed by atoms with Crippen molar-refractivity contribution in [3.05, 3.63) is 35.6 Å². The standard InChI is InChI=1S/C17H21FN2O/c18-14-7-2-1-6-13(14)15-19-17(9-10-17)16(21)20(15)11-8-12-4-3-5-12/h1-2,6-7,12,15,19H,3-5,8-11H2. The monoisotopic (exact) mass is 288 g/mol. The highest BCUT2D eigenvalue weighted by molar-refractivity contribution is 5.92. The van der Waals surface area contributed by atoms with Gasteiger partial charge in [-0.15, -0.1) is 0 Å². The second-order valence-electron chi connectivity index (χ2n) is 6.73. The molecule has 3 nitrogen and oxygen atoms in total. The van der Waals surface area contributed by atoms with E-state index in [1.165, 1.54) is 25.3 Å². The number of rotatable bonds is 4. The first-order valence-corrected chi connectivity index (χ1v) is 8.03. The summed E-state index contributed by atoms with van der Waals surface area (Å²) in [4.78, 5) is 14.5. The zero-order valence-electron chi connectivity index (χ0n) is 12.1. The lowest BCUT2D eigenvalue weighted by Gasteiger charge is -2.30. The fourth-order valence-corrected chi connectivity index (χ4v) is 3.55. The van der Waals surface area contributed by atoms with E-state index in [2.05, 4.69) is 5.32 Å². The molecule has 1 aromatic rings. The van der Waals surface area contributed by atoms with E-state index in [0.717, 1.165) is 31.7 Å². The van der Waals surface area contributed by atoms with Gasteiger partial charge in [-0.25, -0.2) is 4.39 Å². The largest absolute Gasteiger partial charge is 0.321 e. The zero-order valence-corrected chi connectivity index (χ0v) is 12.1. The summed E-state index contributed by atoms with van der Waals surface area (Å²) in [5, 5.41) is 3.39. The minimum atomic E-state index is -0.382. The molecule has 0 aromatic heterocycles. The van der Waals surface area contributed by atoms with Gasteiger partial charge in [-0.1, -0.05) is 37.5 Å². The van der Waals surface area contributed by atoms with Crippen molar-refractivity contribution in [2.75, 3.05) is 6.54 Å². The maximum absolute atomic E-state index is 14.1. The summed E-state index contributed by atoms with van der Waals surface area (Å²) in [5.74, 6) is 0.707. The van der Waals surface area contributed by atoms with Crippen LogP contribution in [0.15, 0.2) is 24.3 Å². The molecule has 2 aliphatic carbocycles. The highest BCUT2D eigenvalue weighted by Crippen LogP contribution is 2.46. The number of nitrogens with one attached hydrogen (secondary N) is 1. The fraction of sp³-hybridized carbons (Fsp3) is 0.588. The van der Waals surface area contributed by atoms with Gasteiger partial charge in [-0.3, -0.25) is 10.1 Å². The number of benzene rings is 1. The van der Waals surface area contributed by atoms with E-state index < -0.39 is 0 Å². The molecular formula is C17H21FN2O. The average molecular weight is 288 g/mol. The van der Waals surface area contributed by atoms with E-state index in [1.807, 2.05) is 11.0 Å². The lowest BCUT2D eigenvalue weighted by molar-refractivity contribution is -0.131. The minimum Gasteiger partial charge on any atom is -0.321 e. The Labute approximate surface area is 124 Å². The maximum atomic E-state index is 14.1. The number of hydrogen-bond donors (Lipinski definition) is 1. The van der Waals surface area contributed by atoms with Crippen LogP contribution in [0, 0.1) is 11.7 Å². The normalized spacial score (nSPS) is 27.2. The first kappa shape index (κ1) is 13.3. The summed E-state index contributed by atoms with van der Waals surface area (Å²) in [7, 11) is 0. The smallest absolute Gasteiger partial charge is 0.244 e. The molecule has 1 atom stereocenters. The third kappa shape index (κ3) is 2.16. The first-order chi connectivity index (χ1) is 10.2. The van der Waals surface area contributed by atoms with Crippen molar-refractivity contribution < 1.29 is 9.18 Å². The molecule has 1 unspecified atom stereocenters. The van der Waals surface area contributed by atoms with E-state index >= 15 is 0 Å². The SMILES string of the molecule is O=C1N(CCC2CCC2)C(c2ccccc2F)NC12CC2. The zero-order chi connectivity index (χ0) is 14.4. The molecule has 0 radical (unpaired) electrons. The number of carbonyl (C=O) groups is 1. The Morgan fingerprint density at radius 1 is 1.29 bits per heavy atom. The second-order valence-corrected chi connectivity index (χ2v) is 6.73. The molecular weight excluding hydrogens is 267 g/mol. The summed E-state index contributed by atoms with van der Waals surface area (Å²) < 4.78 is 14.1. The number of amides is 1.